The number of hydrogen-bond donors (Lipinski definition) is 3. The summed E-state index contributed by atoms with van der Waals surface area (Å²) in [6.07, 6.45) is 0. The van der Waals surface area contributed by atoms with Gasteiger partial charge >= 0.3 is 6.03 Å². The molecule has 3 aromatic rings. The maximum atomic E-state index is 12.1. The molecule has 0 radical (unpaired) electrons. The highest BCUT2D eigenvalue weighted by atomic mass is 35.5. The molecule has 0 bridgehead atoms. The van der Waals surface area contributed by atoms with Crippen LogP contribution in [-0.2, 0) is 4.79 Å². The first kappa shape index (κ1) is 19.3. The zero-order valence-electron chi connectivity index (χ0n) is 14.8. The van der Waals surface area contributed by atoms with E-state index in [0.717, 1.165) is 11.1 Å². The normalized spacial score (nSPS) is 10.2. The highest BCUT2D eigenvalue weighted by molar-refractivity contribution is 6.32. The van der Waals surface area contributed by atoms with Crippen LogP contribution in [0.2, 0.25) is 5.02 Å². The van der Waals surface area contributed by atoms with E-state index in [-0.39, 0.29) is 12.5 Å². The molecule has 0 aliphatic heterocycles. The van der Waals surface area contributed by atoms with Crippen molar-refractivity contribution < 1.29 is 14.3 Å². The van der Waals surface area contributed by atoms with E-state index in [0.29, 0.717) is 22.1 Å². The minimum Gasteiger partial charge on any atom is -0.482 e. The van der Waals surface area contributed by atoms with Gasteiger partial charge in [-0.3, -0.25) is 4.79 Å². The quantitative estimate of drug-likeness (QED) is 0.573. The maximum Gasteiger partial charge on any atom is 0.316 e. The molecule has 6 nitrogen and oxygen atoms in total. The van der Waals surface area contributed by atoms with Gasteiger partial charge in [-0.05, 0) is 41.5 Å². The number of nitrogens with one attached hydrogen (secondary N) is 2. The van der Waals surface area contributed by atoms with E-state index in [1.54, 1.807) is 36.4 Å². The smallest absolute Gasteiger partial charge is 0.316 e. The van der Waals surface area contributed by atoms with Crippen molar-refractivity contribution in [3.05, 3.63) is 77.8 Å². The molecule has 0 aromatic heterocycles. The van der Waals surface area contributed by atoms with E-state index in [2.05, 4.69) is 10.6 Å². The molecule has 0 saturated carbocycles. The topological polar surface area (TPSA) is 93.5 Å². The molecular formula is C21H18ClN3O3. The minimum atomic E-state index is -0.680. The number of anilines is 2. The third-order valence-corrected chi connectivity index (χ3v) is 4.11. The lowest BCUT2D eigenvalue weighted by Crippen LogP contribution is -2.21. The van der Waals surface area contributed by atoms with Crippen LogP contribution in [0.25, 0.3) is 11.1 Å². The molecule has 0 unspecified atom stereocenters. The Morgan fingerprint density at radius 3 is 2.25 bits per heavy atom. The third-order valence-electron chi connectivity index (χ3n) is 3.81. The molecule has 28 heavy (non-hydrogen) atoms. The van der Waals surface area contributed by atoms with Gasteiger partial charge in [-0.25, -0.2) is 4.79 Å². The second-order valence-electron chi connectivity index (χ2n) is 5.92. The molecular weight excluding hydrogens is 378 g/mol. The van der Waals surface area contributed by atoms with E-state index in [1.807, 2.05) is 36.4 Å². The molecule has 0 aliphatic rings. The van der Waals surface area contributed by atoms with Crippen molar-refractivity contribution in [1.82, 2.24) is 0 Å². The summed E-state index contributed by atoms with van der Waals surface area (Å²) in [7, 11) is 0. The number of carbonyl (C=O) groups is 2. The second kappa shape index (κ2) is 8.92. The Morgan fingerprint density at radius 2 is 1.57 bits per heavy atom. The zero-order chi connectivity index (χ0) is 19.9. The Kier molecular flexibility index (Phi) is 6.14. The van der Waals surface area contributed by atoms with Gasteiger partial charge in [-0.2, -0.15) is 0 Å². The maximum absolute atomic E-state index is 12.1. The number of rotatable bonds is 6. The summed E-state index contributed by atoms with van der Waals surface area (Å²) in [5, 5.41) is 5.54. The van der Waals surface area contributed by atoms with E-state index in [9.17, 15) is 9.59 Å². The fraction of sp³-hybridized carbons (Fsp3) is 0.0476. The number of amides is 3. The van der Waals surface area contributed by atoms with Crippen LogP contribution in [-0.4, -0.2) is 18.5 Å². The summed E-state index contributed by atoms with van der Waals surface area (Å²) in [5.41, 5.74) is 8.06. The summed E-state index contributed by atoms with van der Waals surface area (Å²) in [5.74, 6) is 0.0556. The molecule has 3 rings (SSSR count). The number of primary amides is 1. The van der Waals surface area contributed by atoms with Crippen molar-refractivity contribution >= 4 is 34.9 Å². The van der Waals surface area contributed by atoms with Crippen LogP contribution >= 0.6 is 11.6 Å². The van der Waals surface area contributed by atoms with Crippen molar-refractivity contribution in [2.45, 2.75) is 0 Å². The van der Waals surface area contributed by atoms with Gasteiger partial charge in [-0.15, -0.1) is 0 Å². The summed E-state index contributed by atoms with van der Waals surface area (Å²) < 4.78 is 5.52. The van der Waals surface area contributed by atoms with Gasteiger partial charge in [0.05, 0.1) is 5.02 Å². The number of urea groups is 1. The highest BCUT2D eigenvalue weighted by Crippen LogP contribution is 2.30. The molecule has 4 N–H and O–H groups in total. The Hall–Kier alpha value is -3.51. The molecule has 3 amide bonds. The zero-order valence-corrected chi connectivity index (χ0v) is 15.6. The van der Waals surface area contributed by atoms with Gasteiger partial charge in [-0.1, -0.05) is 54.1 Å². The standard InChI is InChI=1S/C21H18ClN3O3/c22-18-11-15(14-5-2-1-3-6-14)9-10-19(18)28-13-20(26)24-16-7-4-8-17(12-16)25-21(23)27/h1-12H,13H2,(H,24,26)(H3,23,25,27). The summed E-state index contributed by atoms with van der Waals surface area (Å²) >= 11 is 6.28. The molecule has 0 fully saturated rings. The van der Waals surface area contributed by atoms with Crippen molar-refractivity contribution in [2.24, 2.45) is 5.73 Å². The predicted octanol–water partition coefficient (Wildman–Crippen LogP) is 4.52. The number of hydrogen-bond acceptors (Lipinski definition) is 3. The third kappa shape index (κ3) is 5.25. The minimum absolute atomic E-state index is 0.210. The van der Waals surface area contributed by atoms with Crippen molar-refractivity contribution in [1.29, 1.82) is 0 Å². The van der Waals surface area contributed by atoms with Gasteiger partial charge in [0.25, 0.3) is 5.91 Å². The Labute approximate surface area is 167 Å². The first-order chi connectivity index (χ1) is 13.5. The van der Waals surface area contributed by atoms with Crippen LogP contribution in [0.15, 0.2) is 72.8 Å². The number of carbonyl (C=O) groups excluding carboxylic acids is 2. The van der Waals surface area contributed by atoms with Crippen LogP contribution in [0.3, 0.4) is 0 Å². The lowest BCUT2D eigenvalue weighted by molar-refractivity contribution is -0.118. The molecule has 142 valence electrons. The van der Waals surface area contributed by atoms with E-state index < -0.39 is 6.03 Å². The molecule has 0 heterocycles. The van der Waals surface area contributed by atoms with Gasteiger partial charge in [0.2, 0.25) is 0 Å². The van der Waals surface area contributed by atoms with E-state index in [1.165, 1.54) is 0 Å². The monoisotopic (exact) mass is 395 g/mol. The molecule has 0 atom stereocenters. The van der Waals surface area contributed by atoms with Gasteiger partial charge in [0.15, 0.2) is 6.61 Å². The fourth-order valence-corrected chi connectivity index (χ4v) is 2.82. The van der Waals surface area contributed by atoms with Gasteiger partial charge < -0.3 is 21.1 Å². The largest absolute Gasteiger partial charge is 0.482 e. The number of ether oxygens (including phenoxy) is 1. The Morgan fingerprint density at radius 1 is 0.857 bits per heavy atom. The molecule has 7 heteroatoms. The fourth-order valence-electron chi connectivity index (χ4n) is 2.59. The number of nitrogens with two attached hydrogens (primary N) is 1. The Bertz CT molecular complexity index is 993. The van der Waals surface area contributed by atoms with Crippen molar-refractivity contribution in [3.8, 4) is 16.9 Å². The average Bonchev–Trinajstić information content (AvgIpc) is 2.67. The molecule has 3 aromatic carbocycles. The highest BCUT2D eigenvalue weighted by Gasteiger charge is 2.09. The van der Waals surface area contributed by atoms with Crippen LogP contribution < -0.4 is 21.1 Å². The molecule has 0 spiro atoms. The average molecular weight is 396 g/mol. The van der Waals surface area contributed by atoms with Gasteiger partial charge in [0, 0.05) is 11.4 Å². The number of halogens is 1. The lowest BCUT2D eigenvalue weighted by Gasteiger charge is -2.11. The van der Waals surface area contributed by atoms with E-state index >= 15 is 0 Å². The summed E-state index contributed by atoms with van der Waals surface area (Å²) in [6, 6.07) is 21.2. The molecule has 0 aliphatic carbocycles. The van der Waals surface area contributed by atoms with Gasteiger partial charge in [0.1, 0.15) is 5.75 Å². The van der Waals surface area contributed by atoms with Crippen LogP contribution in [0, 0.1) is 0 Å². The summed E-state index contributed by atoms with van der Waals surface area (Å²) in [6.45, 7) is -0.210. The molecule has 0 saturated heterocycles. The SMILES string of the molecule is NC(=O)Nc1cccc(NC(=O)COc2ccc(-c3ccccc3)cc2Cl)c1. The number of benzene rings is 3. The van der Waals surface area contributed by atoms with Crippen LogP contribution in [0.4, 0.5) is 16.2 Å². The first-order valence-corrected chi connectivity index (χ1v) is 8.83. The van der Waals surface area contributed by atoms with Crippen molar-refractivity contribution in [3.63, 3.8) is 0 Å². The van der Waals surface area contributed by atoms with Crippen molar-refractivity contribution in [2.75, 3.05) is 17.2 Å². The first-order valence-electron chi connectivity index (χ1n) is 8.45. The van der Waals surface area contributed by atoms with E-state index in [4.69, 9.17) is 22.1 Å². The lowest BCUT2D eigenvalue weighted by atomic mass is 10.1. The Balaban J connectivity index is 1.59. The summed E-state index contributed by atoms with van der Waals surface area (Å²) in [4.78, 5) is 23.0. The van der Waals surface area contributed by atoms with Crippen LogP contribution in [0.5, 0.6) is 5.75 Å². The second-order valence-corrected chi connectivity index (χ2v) is 6.33. The van der Waals surface area contributed by atoms with Crippen LogP contribution in [0.1, 0.15) is 0 Å². The predicted molar refractivity (Wildman–Crippen MR) is 111 cm³/mol.